The maximum Gasteiger partial charge on any atom is 0.220 e. The quantitative estimate of drug-likeness (QED) is 0.0133. The number of Topliss-reactive ketones (excluding diaryl/α,β-unsaturated/α-hetero) is 2. The highest BCUT2D eigenvalue weighted by Gasteiger charge is 2.55. The van der Waals surface area contributed by atoms with E-state index in [-0.39, 0.29) is 50.1 Å². The van der Waals surface area contributed by atoms with Crippen LogP contribution in [0.2, 0.25) is 0 Å². The third-order valence-corrected chi connectivity index (χ3v) is 17.7. The number of ketones is 2. The third-order valence-electron chi connectivity index (χ3n) is 17.7. The summed E-state index contributed by atoms with van der Waals surface area (Å²) in [6.45, 7) is 5.57. The molecule has 29 atom stereocenters. The highest BCUT2D eigenvalue weighted by molar-refractivity contribution is 5.84. The van der Waals surface area contributed by atoms with E-state index in [1.165, 1.54) is 27.7 Å². The molecule has 46 heteroatoms. The van der Waals surface area contributed by atoms with Crippen LogP contribution in [-0.2, 0) is 76.3 Å². The lowest BCUT2D eigenvalue weighted by Crippen LogP contribution is -2.69. The van der Waals surface area contributed by atoms with Crippen LogP contribution in [0.4, 0.5) is 0 Å². The van der Waals surface area contributed by atoms with Gasteiger partial charge in [0.2, 0.25) is 35.1 Å². The number of carbonyl (C=O) groups is 8. The minimum absolute atomic E-state index is 0.0525. The lowest BCUT2D eigenvalue weighted by Gasteiger charge is -2.48. The fraction of sp³-hybridized carbons (Fsp3) is 0.841. The summed E-state index contributed by atoms with van der Waals surface area (Å²) in [4.78, 5) is 90.5. The van der Waals surface area contributed by atoms with Crippen molar-refractivity contribution in [2.24, 2.45) is 11.8 Å². The first-order chi connectivity index (χ1) is 50.7. The van der Waals surface area contributed by atoms with Gasteiger partial charge in [0, 0.05) is 79.1 Å². The molecule has 5 rings (SSSR count). The van der Waals surface area contributed by atoms with E-state index in [1.54, 1.807) is 7.05 Å². The number of methoxy groups -OCH3 is 3. The average molecular weight is 1590 g/mol. The molecule has 0 aromatic carbocycles. The molecule has 3 amide bonds. The van der Waals surface area contributed by atoms with E-state index in [4.69, 9.17) is 63.4 Å². The normalized spacial score (nSPS) is 34.2. The smallest absolute Gasteiger partial charge is 0.220 e. The van der Waals surface area contributed by atoms with Crippen molar-refractivity contribution in [2.45, 2.75) is 270 Å². The number of carboxylic acid groups (broad SMARTS) is 3. The molecule has 5 aliphatic rings. The Labute approximate surface area is 625 Å². The van der Waals surface area contributed by atoms with E-state index in [9.17, 15) is 135 Å². The summed E-state index contributed by atoms with van der Waals surface area (Å²) in [6.07, 6.45) is -29.6. The van der Waals surface area contributed by atoms with Crippen LogP contribution in [0.1, 0.15) is 99.3 Å². The van der Waals surface area contributed by atoms with Crippen molar-refractivity contribution in [1.82, 2.24) is 26.7 Å². The van der Waals surface area contributed by atoms with Gasteiger partial charge in [-0.1, -0.05) is 18.6 Å². The minimum atomic E-state index is -2.42. The van der Waals surface area contributed by atoms with E-state index >= 15 is 0 Å². The number of ether oxygens (including phenoxy) is 8. The van der Waals surface area contributed by atoms with Crippen molar-refractivity contribution < 1.29 is 199 Å². The first kappa shape index (κ1) is 104. The van der Waals surface area contributed by atoms with Gasteiger partial charge >= 0.3 is 0 Å². The fourth-order valence-corrected chi connectivity index (χ4v) is 11.0. The Morgan fingerprint density at radius 3 is 1.15 bits per heavy atom. The van der Waals surface area contributed by atoms with E-state index in [0.29, 0.717) is 6.42 Å². The Balaban J connectivity index is 0.00000134. The molecule has 46 nitrogen and oxygen atoms in total. The summed E-state index contributed by atoms with van der Waals surface area (Å²) in [5.74, 6) is -10.2. The predicted molar refractivity (Wildman–Crippen MR) is 353 cm³/mol. The van der Waals surface area contributed by atoms with Crippen LogP contribution in [0.25, 0.3) is 0 Å². The molecular formula is C63H113N6O40-3. The van der Waals surface area contributed by atoms with Crippen LogP contribution < -0.4 is 47.9 Å². The highest BCUT2D eigenvalue weighted by atomic mass is 16.7. The SMILES string of the molecule is C/C=C(\C)CCC(=O)N[C@H]1C([C@H](O)[C@H](O)CO)O[C@@](OC)(C(=O)[O-])C[C@H]1O.CC(=O)CCC(O)N[C@@H]1C(O)[C@H](O)C(CO)O[C@H]1O.CC(=O)N[C@@H]1C(O)[C@H](O)C(CO)O[C@H]1O.CNN.CO[C@]1(C(=O)[O-])C[C@@H](O)[C@@H](C)C([C@H](O)[C@H](O)CO)O1.CO[C@]1(C(=O)[O-])C[C@@H](O)[C@@H](NC(=O)CCC(C)=O)C([C@H](O)[C@H](O)CO)O1. The zero-order valence-corrected chi connectivity index (χ0v) is 61.7. The Morgan fingerprint density at radius 1 is 0.495 bits per heavy atom. The second kappa shape index (κ2) is 50.0. The number of rotatable bonds is 31. The van der Waals surface area contributed by atoms with Crippen LogP contribution in [0.5, 0.6) is 0 Å². The third kappa shape index (κ3) is 31.2. The Bertz CT molecular complexity index is 2770. The summed E-state index contributed by atoms with van der Waals surface area (Å²) in [5, 5.41) is 245. The van der Waals surface area contributed by atoms with Gasteiger partial charge in [-0.25, -0.2) is 0 Å². The molecule has 0 aromatic heterocycles. The molecular weight excluding hydrogens is 1480 g/mol. The Hall–Kier alpha value is -5.38. The average Bonchev–Trinajstić information content (AvgIpc) is 0.783. The summed E-state index contributed by atoms with van der Waals surface area (Å²) in [7, 11) is 4.73. The van der Waals surface area contributed by atoms with Gasteiger partial charge < -0.3 is 200 Å². The minimum Gasteiger partial charge on any atom is -0.544 e. The zero-order chi connectivity index (χ0) is 84.5. The van der Waals surface area contributed by atoms with Gasteiger partial charge in [0.25, 0.3) is 0 Å². The van der Waals surface area contributed by atoms with Gasteiger partial charge in [-0.2, -0.15) is 0 Å². The molecule has 0 radical (unpaired) electrons. The molecule has 638 valence electrons. The first-order valence-corrected chi connectivity index (χ1v) is 33.9. The van der Waals surface area contributed by atoms with E-state index in [0.717, 1.165) is 26.9 Å². The van der Waals surface area contributed by atoms with Gasteiger partial charge in [-0.05, 0) is 47.6 Å². The number of hydrazine groups is 1. The van der Waals surface area contributed by atoms with Crippen LogP contribution in [0.3, 0.4) is 0 Å². The van der Waals surface area contributed by atoms with Crippen molar-refractivity contribution in [1.29, 1.82) is 0 Å². The Kier molecular flexibility index (Phi) is 47.5. The zero-order valence-electron chi connectivity index (χ0n) is 61.7. The number of aliphatic hydroxyl groups is 21. The van der Waals surface area contributed by atoms with Crippen molar-refractivity contribution in [3.8, 4) is 0 Å². The highest BCUT2D eigenvalue weighted by Crippen LogP contribution is 2.37. The lowest BCUT2D eigenvalue weighted by atomic mass is 9.84. The molecule has 5 fully saturated rings. The number of aliphatic carboxylic acids is 3. The van der Waals surface area contributed by atoms with E-state index in [2.05, 4.69) is 32.5 Å². The molecule has 5 aliphatic heterocycles. The number of nitrogens with two attached hydrogens (primary N) is 1. The molecule has 109 heavy (non-hydrogen) atoms. The van der Waals surface area contributed by atoms with Crippen LogP contribution >= 0.6 is 0 Å². The monoisotopic (exact) mass is 1590 g/mol. The molecule has 0 saturated carbocycles. The largest absolute Gasteiger partial charge is 0.544 e. The molecule has 0 aliphatic carbocycles. The standard InChI is InChI=1S/C17H29NO9.C15H25NO10.C11H21NO7.C11H20O8.C8H15NO6.CH6N2/c1-4-9(2)5-6-12(22)18-13-10(20)7-17(26-3,16(24)25)27-15(13)14(23)11(21)8-19;1-7(18)3-4-10(21)16-11-8(19)5-15(25-2,14(23)24)26-13(11)12(22)9(20)6-17;1-5(14)2-3-7(15)12-8-10(17)9(16)6(4-13)19-11(8)18;1-5-6(13)3-11(18-2,10(16)17)19-9(5)8(15)7(14)4-12;1-3(11)9-5-7(13)6(12)4(2-10)15-8(5)14;1-3-2/h4,10-11,13-15,19-21,23H,5-8H2,1-3H3,(H,18,22)(H,24,25);8-9,11-13,17,19-20,22H,3-6H2,1-2H3,(H,16,21)(H,23,24);6-13,15-18H,2-4H2,1H3;5-9,12-15H,3-4H2,1-2H3,(H,16,17);4-8,10,12-14H,2H2,1H3,(H,9,11);3H,2H2,1H3/p-3/b9-4+;;;;;/t10-,11-,13-,14-,15?,17-;8-,9-,11-,12-,13?,15-;6?,7?,8-,9-,10?,11-;5-,6-,7-,8-,9?,11-;4?,5-,6-,7?,8-;/m11111./s1. The van der Waals surface area contributed by atoms with Gasteiger partial charge in [-0.15, -0.1) is 0 Å². The second-order valence-corrected chi connectivity index (χ2v) is 25.8. The maximum atomic E-state index is 12.2. The van der Waals surface area contributed by atoms with Crippen molar-refractivity contribution in [3.63, 3.8) is 0 Å². The topological polar surface area (TPSA) is 791 Å². The van der Waals surface area contributed by atoms with Crippen LogP contribution in [-0.4, -0.2) is 386 Å². The maximum absolute atomic E-state index is 12.2. The predicted octanol–water partition coefficient (Wildman–Crippen LogP) is -17.4. The second-order valence-electron chi connectivity index (χ2n) is 25.8. The fourth-order valence-electron chi connectivity index (χ4n) is 11.0. The number of hydrogen-bond acceptors (Lipinski definition) is 43. The molecule has 5 heterocycles. The number of allylic oxidation sites excluding steroid dienone is 2. The van der Waals surface area contributed by atoms with E-state index in [1.807, 2.05) is 19.9 Å². The number of carbonyl (C=O) groups excluding carboxylic acids is 8. The Morgan fingerprint density at radius 2 is 0.826 bits per heavy atom. The lowest BCUT2D eigenvalue weighted by molar-refractivity contribution is -0.381. The molecule has 28 N–H and O–H groups in total. The molecule has 8 unspecified atom stereocenters. The molecule has 0 spiro atoms. The van der Waals surface area contributed by atoms with Crippen LogP contribution in [0.15, 0.2) is 11.6 Å². The molecule has 5 saturated heterocycles. The van der Waals surface area contributed by atoms with Gasteiger partial charge in [0.1, 0.15) is 127 Å². The van der Waals surface area contributed by atoms with Crippen molar-refractivity contribution in [2.75, 3.05) is 61.4 Å². The van der Waals surface area contributed by atoms with Crippen molar-refractivity contribution in [3.05, 3.63) is 11.6 Å². The van der Waals surface area contributed by atoms with Crippen LogP contribution in [0, 0.1) is 5.92 Å². The summed E-state index contributed by atoms with van der Waals surface area (Å²) < 4.78 is 39.8. The summed E-state index contributed by atoms with van der Waals surface area (Å²) in [6, 6.07) is -4.77. The molecule has 0 aromatic rings. The van der Waals surface area contributed by atoms with Gasteiger partial charge in [0.05, 0.1) is 75.6 Å². The summed E-state index contributed by atoms with van der Waals surface area (Å²) >= 11 is 0. The van der Waals surface area contributed by atoms with Crippen molar-refractivity contribution >= 4 is 47.2 Å². The number of carboxylic acids is 3. The van der Waals surface area contributed by atoms with Gasteiger partial charge in [0.15, 0.2) is 12.6 Å². The summed E-state index contributed by atoms with van der Waals surface area (Å²) in [5.41, 5.74) is 3.23. The molecule has 0 bridgehead atoms. The number of amides is 3. The number of hydrogen-bond donors (Lipinski definition) is 27. The number of nitrogens with one attached hydrogen (secondary N) is 5. The van der Waals surface area contributed by atoms with E-state index < -0.39 is 258 Å². The first-order valence-electron chi connectivity index (χ1n) is 33.9. The number of aliphatic hydroxyl groups excluding tert-OH is 21. The van der Waals surface area contributed by atoms with Gasteiger partial charge in [-0.3, -0.25) is 31.0 Å².